The fourth-order valence-corrected chi connectivity index (χ4v) is 4.26. The van der Waals surface area contributed by atoms with Gasteiger partial charge in [0.05, 0.1) is 11.5 Å². The molecule has 0 fully saturated rings. The minimum absolute atomic E-state index is 0.126. The minimum atomic E-state index is -3.48. The molecule has 0 aliphatic heterocycles. The summed E-state index contributed by atoms with van der Waals surface area (Å²) in [6.07, 6.45) is 1.70. The van der Waals surface area contributed by atoms with E-state index in [1.165, 1.54) is 17.4 Å². The second-order valence-electron chi connectivity index (χ2n) is 4.65. The second-order valence-corrected chi connectivity index (χ2v) is 7.32. The summed E-state index contributed by atoms with van der Waals surface area (Å²) >= 11 is 1.25. The topological polar surface area (TPSA) is 66.4 Å². The van der Waals surface area contributed by atoms with Gasteiger partial charge in [0.1, 0.15) is 0 Å². The van der Waals surface area contributed by atoms with Gasteiger partial charge >= 0.3 is 0 Å². The van der Waals surface area contributed by atoms with Crippen LogP contribution in [0.25, 0.3) is 0 Å². The molecular formula is C11H19NO3S2. The highest BCUT2D eigenvalue weighted by Crippen LogP contribution is 2.22. The highest BCUT2D eigenvalue weighted by molar-refractivity contribution is 7.89. The lowest BCUT2D eigenvalue weighted by atomic mass is 10.0. The highest BCUT2D eigenvalue weighted by atomic mass is 32.2. The first-order valence-electron chi connectivity index (χ1n) is 5.53. The van der Waals surface area contributed by atoms with Crippen LogP contribution in [0.4, 0.5) is 0 Å². The normalized spacial score (nSPS) is 12.9. The van der Waals surface area contributed by atoms with E-state index in [2.05, 4.69) is 4.72 Å². The lowest BCUT2D eigenvalue weighted by Gasteiger charge is -2.25. The van der Waals surface area contributed by atoms with Crippen molar-refractivity contribution in [2.24, 2.45) is 0 Å². The molecule has 0 radical (unpaired) electrons. The molecule has 1 heterocycles. The Bertz CT molecular complexity index is 463. The van der Waals surface area contributed by atoms with E-state index < -0.39 is 15.6 Å². The smallest absolute Gasteiger partial charge is 0.241 e. The van der Waals surface area contributed by atoms with Crippen molar-refractivity contribution < 1.29 is 13.5 Å². The third kappa shape index (κ3) is 4.06. The molecule has 4 nitrogen and oxygen atoms in total. The second kappa shape index (κ2) is 5.48. The monoisotopic (exact) mass is 277 g/mol. The molecule has 0 amide bonds. The largest absolute Gasteiger partial charge is 0.391 e. The van der Waals surface area contributed by atoms with E-state index in [0.29, 0.717) is 4.88 Å². The zero-order valence-electron chi connectivity index (χ0n) is 10.4. The average molecular weight is 277 g/mol. The Balaban J connectivity index is 2.88. The fourth-order valence-electron chi connectivity index (χ4n) is 1.68. The molecule has 0 aliphatic carbocycles. The molecule has 1 rings (SSSR count). The van der Waals surface area contributed by atoms with Gasteiger partial charge in [0.25, 0.3) is 0 Å². The molecule has 1 aromatic rings. The van der Waals surface area contributed by atoms with Gasteiger partial charge in [-0.05, 0) is 26.3 Å². The summed E-state index contributed by atoms with van der Waals surface area (Å²) in [7, 11) is -3.48. The molecule has 0 aliphatic rings. The van der Waals surface area contributed by atoms with Gasteiger partial charge in [-0.1, -0.05) is 13.3 Å². The first-order valence-corrected chi connectivity index (χ1v) is 7.89. The molecule has 2 N–H and O–H groups in total. The Labute approximate surface area is 107 Å². The predicted octanol–water partition coefficient (Wildman–Crippen LogP) is 2.10. The first-order chi connectivity index (χ1) is 7.80. The van der Waals surface area contributed by atoms with Crippen molar-refractivity contribution in [3.63, 3.8) is 0 Å². The summed E-state index contributed by atoms with van der Waals surface area (Å²) < 4.78 is 26.8. The number of rotatable bonds is 6. The maximum Gasteiger partial charge on any atom is 0.241 e. The van der Waals surface area contributed by atoms with Crippen molar-refractivity contribution >= 4 is 21.4 Å². The third-order valence-electron chi connectivity index (χ3n) is 2.38. The quantitative estimate of drug-likeness (QED) is 0.837. The van der Waals surface area contributed by atoms with E-state index in [1.807, 2.05) is 20.8 Å². The summed E-state index contributed by atoms with van der Waals surface area (Å²) in [5.74, 6) is 0. The molecule has 0 atom stereocenters. The fraction of sp³-hybridized carbons (Fsp3) is 0.636. The summed E-state index contributed by atoms with van der Waals surface area (Å²) in [6.45, 7) is 5.63. The van der Waals surface area contributed by atoms with Crippen molar-refractivity contribution in [1.82, 2.24) is 4.72 Å². The van der Waals surface area contributed by atoms with Crippen molar-refractivity contribution in [3.05, 3.63) is 16.3 Å². The average Bonchev–Trinajstić information content (AvgIpc) is 2.64. The number of aliphatic hydroxyl groups excluding tert-OH is 1. The molecule has 0 bridgehead atoms. The summed E-state index contributed by atoms with van der Waals surface area (Å²) in [5, 5.41) is 10.5. The van der Waals surface area contributed by atoms with Crippen LogP contribution in [0.5, 0.6) is 0 Å². The van der Waals surface area contributed by atoms with Gasteiger partial charge in [-0.15, -0.1) is 11.3 Å². The Morgan fingerprint density at radius 1 is 1.47 bits per heavy atom. The highest BCUT2D eigenvalue weighted by Gasteiger charge is 2.26. The predicted molar refractivity (Wildman–Crippen MR) is 69.6 cm³/mol. The van der Waals surface area contributed by atoms with Gasteiger partial charge in [0.2, 0.25) is 10.0 Å². The molecule has 0 aromatic carbocycles. The Kier molecular flexibility index (Phi) is 4.71. The lowest BCUT2D eigenvalue weighted by Crippen LogP contribution is -2.42. The van der Waals surface area contributed by atoms with Crippen LogP contribution in [0.3, 0.4) is 0 Å². The van der Waals surface area contributed by atoms with Gasteiger partial charge in [0, 0.05) is 15.8 Å². The first kappa shape index (κ1) is 14.6. The summed E-state index contributed by atoms with van der Waals surface area (Å²) in [4.78, 5) is 0.884. The van der Waals surface area contributed by atoms with Crippen LogP contribution >= 0.6 is 11.3 Å². The number of hydrogen-bond donors (Lipinski definition) is 2. The van der Waals surface area contributed by atoms with Gasteiger partial charge < -0.3 is 5.11 Å². The van der Waals surface area contributed by atoms with Crippen LogP contribution in [0.1, 0.15) is 38.5 Å². The Morgan fingerprint density at radius 2 is 2.12 bits per heavy atom. The van der Waals surface area contributed by atoms with E-state index in [-0.39, 0.29) is 11.5 Å². The van der Waals surface area contributed by atoms with Crippen molar-refractivity contribution in [3.8, 4) is 0 Å². The van der Waals surface area contributed by atoms with Crippen molar-refractivity contribution in [2.75, 3.05) is 0 Å². The molecular weight excluding hydrogens is 258 g/mol. The SMILES string of the molecule is CCCC(C)(C)NS(=O)(=O)c1csc(CO)c1. The maximum atomic E-state index is 12.1. The number of thiophene rings is 1. The van der Waals surface area contributed by atoms with Gasteiger partial charge in [0.15, 0.2) is 0 Å². The molecule has 17 heavy (non-hydrogen) atoms. The summed E-state index contributed by atoms with van der Waals surface area (Å²) in [6, 6.07) is 1.51. The molecule has 0 saturated heterocycles. The van der Waals surface area contributed by atoms with Gasteiger partial charge in [-0.3, -0.25) is 0 Å². The third-order valence-corrected chi connectivity index (χ3v) is 5.13. The minimum Gasteiger partial charge on any atom is -0.391 e. The Morgan fingerprint density at radius 3 is 2.59 bits per heavy atom. The van der Waals surface area contributed by atoms with Crippen LogP contribution in [-0.2, 0) is 16.6 Å². The van der Waals surface area contributed by atoms with Gasteiger partial charge in [-0.2, -0.15) is 0 Å². The van der Waals surface area contributed by atoms with Crippen LogP contribution in [0.15, 0.2) is 16.3 Å². The lowest BCUT2D eigenvalue weighted by molar-refractivity contribution is 0.285. The van der Waals surface area contributed by atoms with E-state index >= 15 is 0 Å². The van der Waals surface area contributed by atoms with Crippen molar-refractivity contribution in [2.45, 2.75) is 50.7 Å². The number of aliphatic hydroxyl groups is 1. The number of nitrogens with one attached hydrogen (secondary N) is 1. The summed E-state index contributed by atoms with van der Waals surface area (Å²) in [5.41, 5.74) is -0.450. The zero-order chi connectivity index (χ0) is 13.1. The van der Waals surface area contributed by atoms with Gasteiger partial charge in [-0.25, -0.2) is 13.1 Å². The Hall–Kier alpha value is -0.430. The van der Waals surface area contributed by atoms with E-state index in [0.717, 1.165) is 12.8 Å². The molecule has 6 heteroatoms. The molecule has 0 spiro atoms. The van der Waals surface area contributed by atoms with E-state index in [4.69, 9.17) is 5.11 Å². The van der Waals surface area contributed by atoms with Crippen LogP contribution in [0.2, 0.25) is 0 Å². The molecule has 0 unspecified atom stereocenters. The van der Waals surface area contributed by atoms with Crippen LogP contribution in [0, 0.1) is 0 Å². The number of hydrogen-bond acceptors (Lipinski definition) is 4. The van der Waals surface area contributed by atoms with E-state index in [9.17, 15) is 8.42 Å². The number of sulfonamides is 1. The molecule has 0 saturated carbocycles. The van der Waals surface area contributed by atoms with Crippen LogP contribution < -0.4 is 4.72 Å². The van der Waals surface area contributed by atoms with Crippen LogP contribution in [-0.4, -0.2) is 19.1 Å². The zero-order valence-corrected chi connectivity index (χ0v) is 12.0. The molecule has 98 valence electrons. The van der Waals surface area contributed by atoms with Crippen molar-refractivity contribution in [1.29, 1.82) is 0 Å². The standard InChI is InChI=1S/C11H19NO3S2/c1-4-5-11(2,3)12-17(14,15)10-6-9(7-13)16-8-10/h6,8,12-13H,4-5,7H2,1-3H3. The maximum absolute atomic E-state index is 12.1. The van der Waals surface area contributed by atoms with E-state index in [1.54, 1.807) is 5.38 Å². The molecule has 1 aromatic heterocycles.